The first-order valence-electron chi connectivity index (χ1n) is 4.15. The van der Waals surface area contributed by atoms with E-state index in [1.807, 2.05) is 0 Å². The van der Waals surface area contributed by atoms with E-state index in [0.717, 1.165) is 0 Å². The van der Waals surface area contributed by atoms with Crippen LogP contribution in [0.4, 0.5) is 0 Å². The van der Waals surface area contributed by atoms with E-state index in [-0.39, 0.29) is 6.61 Å². The van der Waals surface area contributed by atoms with Crippen molar-refractivity contribution in [3.63, 3.8) is 0 Å². The number of ether oxygens (including phenoxy) is 1. The molecular formula is C9H9Cl2NO2. The molecule has 76 valence electrons. The summed E-state index contributed by atoms with van der Waals surface area (Å²) in [4.78, 5) is 0. The van der Waals surface area contributed by atoms with Gasteiger partial charge in [0, 0.05) is 10.6 Å². The number of aliphatic hydroxyl groups excluding tert-OH is 1. The Balaban J connectivity index is 2.54. The van der Waals surface area contributed by atoms with E-state index >= 15 is 0 Å². The van der Waals surface area contributed by atoms with Gasteiger partial charge in [0.1, 0.15) is 18.5 Å². The highest BCUT2D eigenvalue weighted by atomic mass is 35.5. The van der Waals surface area contributed by atoms with Gasteiger partial charge in [0.25, 0.3) is 0 Å². The second-order valence-corrected chi connectivity index (χ2v) is 4.07. The van der Waals surface area contributed by atoms with Gasteiger partial charge in [-0.1, -0.05) is 23.2 Å². The lowest BCUT2D eigenvalue weighted by Gasteiger charge is -2.28. The van der Waals surface area contributed by atoms with E-state index in [1.54, 1.807) is 12.1 Å². The number of hydrogen-bond acceptors (Lipinski definition) is 3. The molecule has 1 aliphatic heterocycles. The maximum atomic E-state index is 9.76. The Morgan fingerprint density at radius 3 is 2.86 bits per heavy atom. The lowest BCUT2D eigenvalue weighted by atomic mass is 10.00. The molecule has 0 spiro atoms. The molecule has 5 heteroatoms. The summed E-state index contributed by atoms with van der Waals surface area (Å²) < 4.78 is 5.32. The lowest BCUT2D eigenvalue weighted by molar-refractivity contribution is 0.0916. The normalized spacial score (nSPS) is 25.4. The Kier molecular flexibility index (Phi) is 2.58. The van der Waals surface area contributed by atoms with Gasteiger partial charge in [-0.05, 0) is 12.1 Å². The predicted octanol–water partition coefficient (Wildman–Crippen LogP) is 1.75. The van der Waals surface area contributed by atoms with Crippen molar-refractivity contribution < 1.29 is 9.84 Å². The van der Waals surface area contributed by atoms with Gasteiger partial charge < -0.3 is 15.6 Å². The third-order valence-corrected chi connectivity index (χ3v) is 2.68. The number of benzene rings is 1. The average molecular weight is 234 g/mol. The molecule has 2 atom stereocenters. The molecule has 2 unspecified atom stereocenters. The molecule has 1 aromatic carbocycles. The summed E-state index contributed by atoms with van der Waals surface area (Å²) >= 11 is 11.7. The Labute approximate surface area is 91.4 Å². The van der Waals surface area contributed by atoms with Crippen LogP contribution in [0.2, 0.25) is 10.0 Å². The molecule has 1 aromatic rings. The Morgan fingerprint density at radius 1 is 1.43 bits per heavy atom. The van der Waals surface area contributed by atoms with Gasteiger partial charge in [0.2, 0.25) is 0 Å². The molecule has 2 rings (SSSR count). The van der Waals surface area contributed by atoms with Gasteiger partial charge in [0.05, 0.1) is 11.1 Å². The van der Waals surface area contributed by atoms with Crippen molar-refractivity contribution in [2.24, 2.45) is 5.73 Å². The van der Waals surface area contributed by atoms with Gasteiger partial charge in [-0.3, -0.25) is 0 Å². The first-order valence-corrected chi connectivity index (χ1v) is 4.90. The molecule has 0 saturated heterocycles. The van der Waals surface area contributed by atoms with Crippen molar-refractivity contribution >= 4 is 23.2 Å². The molecule has 0 fully saturated rings. The van der Waals surface area contributed by atoms with Crippen molar-refractivity contribution in [3.05, 3.63) is 27.7 Å². The highest BCUT2D eigenvalue weighted by molar-refractivity contribution is 6.35. The largest absolute Gasteiger partial charge is 0.490 e. The van der Waals surface area contributed by atoms with Gasteiger partial charge in [-0.25, -0.2) is 0 Å². The van der Waals surface area contributed by atoms with Crippen LogP contribution < -0.4 is 10.5 Å². The SMILES string of the molecule is NC1COc2c(Cl)cc(Cl)cc2C1O. The maximum absolute atomic E-state index is 9.76. The molecule has 3 N–H and O–H groups in total. The van der Waals surface area contributed by atoms with E-state index in [0.29, 0.717) is 21.4 Å². The summed E-state index contributed by atoms with van der Waals surface area (Å²) in [6.45, 7) is 0.259. The fourth-order valence-electron chi connectivity index (χ4n) is 1.45. The standard InChI is InChI=1S/C9H9Cl2NO2/c10-4-1-5-8(13)7(12)3-14-9(5)6(11)2-4/h1-2,7-8,13H,3,12H2. The zero-order valence-corrected chi connectivity index (χ0v) is 8.72. The summed E-state index contributed by atoms with van der Waals surface area (Å²) in [6.07, 6.45) is -0.769. The minimum absolute atomic E-state index is 0.259. The highest BCUT2D eigenvalue weighted by Gasteiger charge is 2.28. The van der Waals surface area contributed by atoms with Crippen LogP contribution in [-0.2, 0) is 0 Å². The fraction of sp³-hybridized carbons (Fsp3) is 0.333. The van der Waals surface area contributed by atoms with Crippen LogP contribution in [0.5, 0.6) is 5.75 Å². The van der Waals surface area contributed by atoms with E-state index in [9.17, 15) is 5.11 Å². The summed E-state index contributed by atoms with van der Waals surface area (Å²) in [5, 5.41) is 10.6. The van der Waals surface area contributed by atoms with Crippen LogP contribution in [0.25, 0.3) is 0 Å². The van der Waals surface area contributed by atoms with Gasteiger partial charge in [-0.2, -0.15) is 0 Å². The minimum Gasteiger partial charge on any atom is -0.490 e. The number of hydrogen-bond donors (Lipinski definition) is 2. The quantitative estimate of drug-likeness (QED) is 0.718. The molecule has 14 heavy (non-hydrogen) atoms. The third-order valence-electron chi connectivity index (χ3n) is 2.18. The lowest BCUT2D eigenvalue weighted by Crippen LogP contribution is -2.38. The van der Waals surface area contributed by atoms with E-state index in [1.165, 1.54) is 0 Å². The molecule has 1 aliphatic rings. The second-order valence-electron chi connectivity index (χ2n) is 3.23. The maximum Gasteiger partial charge on any atom is 0.143 e. The summed E-state index contributed by atoms with van der Waals surface area (Å²) in [7, 11) is 0. The Hall–Kier alpha value is -0.480. The fourth-order valence-corrected chi connectivity index (χ4v) is 2.02. The number of halogens is 2. The molecule has 1 heterocycles. The van der Waals surface area contributed by atoms with Gasteiger partial charge in [0.15, 0.2) is 0 Å². The van der Waals surface area contributed by atoms with Crippen molar-refractivity contribution in [2.75, 3.05) is 6.61 Å². The number of rotatable bonds is 0. The van der Waals surface area contributed by atoms with Crippen LogP contribution in [0.15, 0.2) is 12.1 Å². The second kappa shape index (κ2) is 3.59. The zero-order valence-electron chi connectivity index (χ0n) is 7.21. The first kappa shape index (κ1) is 10.1. The van der Waals surface area contributed by atoms with Crippen LogP contribution in [0, 0.1) is 0 Å². The summed E-state index contributed by atoms with van der Waals surface area (Å²) in [6, 6.07) is 2.76. The summed E-state index contributed by atoms with van der Waals surface area (Å²) in [5.74, 6) is 0.477. The predicted molar refractivity (Wildman–Crippen MR) is 54.9 cm³/mol. The average Bonchev–Trinajstić information content (AvgIpc) is 2.12. The Bertz CT molecular complexity index is 370. The molecule has 0 bridgehead atoms. The molecule has 0 saturated carbocycles. The summed E-state index contributed by atoms with van der Waals surface area (Å²) in [5.41, 5.74) is 6.19. The van der Waals surface area contributed by atoms with Gasteiger partial charge in [-0.15, -0.1) is 0 Å². The monoisotopic (exact) mass is 233 g/mol. The molecule has 0 aliphatic carbocycles. The zero-order chi connectivity index (χ0) is 10.3. The van der Waals surface area contributed by atoms with Crippen LogP contribution in [0.3, 0.4) is 0 Å². The topological polar surface area (TPSA) is 55.5 Å². The highest BCUT2D eigenvalue weighted by Crippen LogP contribution is 2.39. The van der Waals surface area contributed by atoms with E-state index in [2.05, 4.69) is 0 Å². The smallest absolute Gasteiger partial charge is 0.143 e. The van der Waals surface area contributed by atoms with Crippen LogP contribution in [0.1, 0.15) is 11.7 Å². The third kappa shape index (κ3) is 1.57. The van der Waals surface area contributed by atoms with Gasteiger partial charge >= 0.3 is 0 Å². The van der Waals surface area contributed by atoms with Crippen molar-refractivity contribution in [1.82, 2.24) is 0 Å². The number of nitrogens with two attached hydrogens (primary N) is 1. The minimum atomic E-state index is -0.769. The molecule has 0 amide bonds. The van der Waals surface area contributed by atoms with Crippen molar-refractivity contribution in [2.45, 2.75) is 12.1 Å². The van der Waals surface area contributed by atoms with Crippen molar-refractivity contribution in [1.29, 1.82) is 0 Å². The Morgan fingerprint density at radius 2 is 2.14 bits per heavy atom. The number of fused-ring (bicyclic) bond motifs is 1. The van der Waals surface area contributed by atoms with E-state index in [4.69, 9.17) is 33.7 Å². The molecular weight excluding hydrogens is 225 g/mol. The van der Waals surface area contributed by atoms with Crippen LogP contribution in [-0.4, -0.2) is 17.8 Å². The molecule has 0 radical (unpaired) electrons. The molecule has 3 nitrogen and oxygen atoms in total. The molecule has 0 aromatic heterocycles. The van der Waals surface area contributed by atoms with Crippen molar-refractivity contribution in [3.8, 4) is 5.75 Å². The number of aliphatic hydroxyl groups is 1. The first-order chi connectivity index (χ1) is 6.59. The van der Waals surface area contributed by atoms with Crippen LogP contribution >= 0.6 is 23.2 Å². The van der Waals surface area contributed by atoms with E-state index < -0.39 is 12.1 Å².